The van der Waals surface area contributed by atoms with E-state index < -0.39 is 17.1 Å². The molecule has 46 heavy (non-hydrogen) atoms. The van der Waals surface area contributed by atoms with E-state index in [1.54, 1.807) is 25.4 Å². The zero-order valence-corrected chi connectivity index (χ0v) is 26.4. The Morgan fingerprint density at radius 2 is 1.87 bits per heavy atom. The van der Waals surface area contributed by atoms with Gasteiger partial charge in [-0.25, -0.2) is 19.0 Å². The second-order valence-corrected chi connectivity index (χ2v) is 14.2. The van der Waals surface area contributed by atoms with E-state index in [2.05, 4.69) is 29.9 Å². The minimum atomic E-state index is -1.05. The number of nitrogens with zero attached hydrogens (tertiary/aromatic N) is 4. The number of aromatic nitrogens is 4. The Morgan fingerprint density at radius 3 is 2.65 bits per heavy atom. The average molecular weight is 623 g/mol. The zero-order valence-electron chi connectivity index (χ0n) is 26.4. The largest absolute Gasteiger partial charge is 0.468 e. The smallest absolute Gasteiger partial charge is 0.233 e. The number of aliphatic hydroxyl groups excluding tert-OH is 1. The van der Waals surface area contributed by atoms with Crippen LogP contribution >= 0.6 is 0 Å². The number of carbonyl (C=O) groups is 1. The standard InChI is InChI=1S/C37H39FN4O4/c1-35-17-22-19-40-42(25-11-9-24(38)10-12-25)30(22)16-23(35)8-13-26-27-14-15-37(45-3,36(27,2)18-31(43)34(26)35)32(44)21-46-33-20-39-28-6-4-5-7-29(28)41-33/h4-7,9-12,16,19-20,26-27,31,34,43H,8,13-15,17-18,21H2,1-3H3. The summed E-state index contributed by atoms with van der Waals surface area (Å²) in [5, 5.41) is 16.8. The first-order chi connectivity index (χ1) is 22.2. The van der Waals surface area contributed by atoms with Gasteiger partial charge in [0.1, 0.15) is 11.4 Å². The van der Waals surface area contributed by atoms with Crippen molar-refractivity contribution in [3.63, 3.8) is 0 Å². The zero-order chi connectivity index (χ0) is 31.8. The quantitative estimate of drug-likeness (QED) is 0.276. The lowest BCUT2D eigenvalue weighted by Gasteiger charge is -2.60. The maximum absolute atomic E-state index is 14.1. The predicted octanol–water partition coefficient (Wildman–Crippen LogP) is 6.14. The number of hydrogen-bond donors (Lipinski definition) is 1. The summed E-state index contributed by atoms with van der Waals surface area (Å²) in [6.07, 6.45) is 9.73. The molecule has 2 aromatic heterocycles. The van der Waals surface area contributed by atoms with Crippen molar-refractivity contribution in [2.24, 2.45) is 28.6 Å². The topological polar surface area (TPSA) is 99.4 Å². The molecule has 8 nitrogen and oxygen atoms in total. The number of halogens is 1. The van der Waals surface area contributed by atoms with Crippen LogP contribution in [0, 0.1) is 34.4 Å². The van der Waals surface area contributed by atoms with Crippen LogP contribution in [0.3, 0.4) is 0 Å². The fraction of sp³-hybridized carbons (Fsp3) is 0.459. The molecule has 7 atom stereocenters. The number of rotatable bonds is 6. The van der Waals surface area contributed by atoms with Crippen LogP contribution in [0.15, 0.2) is 66.5 Å². The Balaban J connectivity index is 1.06. The highest BCUT2D eigenvalue weighted by Gasteiger charge is 2.69. The second-order valence-electron chi connectivity index (χ2n) is 14.2. The molecule has 7 unspecified atom stereocenters. The number of Topliss-reactive ketones (excluding diaryl/α,β-unsaturated/α-hetero) is 1. The second kappa shape index (κ2) is 10.5. The number of benzene rings is 2. The van der Waals surface area contributed by atoms with Gasteiger partial charge in [0.05, 0.1) is 40.9 Å². The van der Waals surface area contributed by atoms with Crippen LogP contribution in [0.25, 0.3) is 22.8 Å². The maximum Gasteiger partial charge on any atom is 0.233 e. The van der Waals surface area contributed by atoms with Gasteiger partial charge in [-0.3, -0.25) is 4.79 Å². The third-order valence-electron chi connectivity index (χ3n) is 12.2. The number of allylic oxidation sites excluding steroid dienone is 1. The molecule has 9 heteroatoms. The van der Waals surface area contributed by atoms with E-state index >= 15 is 0 Å². The van der Waals surface area contributed by atoms with Crippen LogP contribution in [-0.4, -0.2) is 56.1 Å². The number of hydrogen-bond acceptors (Lipinski definition) is 7. The monoisotopic (exact) mass is 622 g/mol. The summed E-state index contributed by atoms with van der Waals surface area (Å²) < 4.78 is 27.7. The van der Waals surface area contributed by atoms with Crippen molar-refractivity contribution < 1.29 is 23.8 Å². The number of methoxy groups -OCH3 is 1. The lowest BCUT2D eigenvalue weighted by atomic mass is 9.45. The van der Waals surface area contributed by atoms with E-state index in [0.717, 1.165) is 48.1 Å². The molecule has 0 bridgehead atoms. The van der Waals surface area contributed by atoms with E-state index in [-0.39, 0.29) is 41.4 Å². The molecule has 2 aromatic carbocycles. The number of aliphatic hydroxyl groups is 1. The van der Waals surface area contributed by atoms with Gasteiger partial charge in [-0.15, -0.1) is 0 Å². The van der Waals surface area contributed by atoms with E-state index in [4.69, 9.17) is 14.6 Å². The molecule has 8 rings (SSSR count). The highest BCUT2D eigenvalue weighted by molar-refractivity contribution is 5.90. The molecule has 3 fully saturated rings. The fourth-order valence-corrected chi connectivity index (χ4v) is 10.1. The van der Waals surface area contributed by atoms with E-state index in [9.17, 15) is 14.3 Å². The molecule has 1 N–H and O–H groups in total. The van der Waals surface area contributed by atoms with Crippen molar-refractivity contribution in [1.29, 1.82) is 0 Å². The Kier molecular flexibility index (Phi) is 6.75. The summed E-state index contributed by atoms with van der Waals surface area (Å²) in [5.74, 6) is 0.457. The van der Waals surface area contributed by atoms with Gasteiger partial charge in [0, 0.05) is 12.5 Å². The summed E-state index contributed by atoms with van der Waals surface area (Å²) in [4.78, 5) is 23.1. The van der Waals surface area contributed by atoms with Crippen LogP contribution in [0.5, 0.6) is 5.88 Å². The Morgan fingerprint density at radius 1 is 1.09 bits per heavy atom. The van der Waals surface area contributed by atoms with Crippen LogP contribution in [0.2, 0.25) is 0 Å². The molecule has 4 aliphatic rings. The molecular formula is C37H39FN4O4. The third kappa shape index (κ3) is 4.17. The minimum absolute atomic E-state index is 0.0554. The predicted molar refractivity (Wildman–Crippen MR) is 171 cm³/mol. The Labute approximate surface area is 267 Å². The van der Waals surface area contributed by atoms with Crippen molar-refractivity contribution in [2.75, 3.05) is 13.7 Å². The first kappa shape index (κ1) is 29.5. The normalized spacial score (nSPS) is 33.0. The van der Waals surface area contributed by atoms with E-state index in [1.807, 2.05) is 35.1 Å². The molecule has 238 valence electrons. The lowest BCUT2D eigenvalue weighted by Crippen LogP contribution is -2.63. The van der Waals surface area contributed by atoms with Crippen molar-refractivity contribution in [3.8, 4) is 11.6 Å². The highest BCUT2D eigenvalue weighted by Crippen LogP contribution is 2.68. The summed E-state index contributed by atoms with van der Waals surface area (Å²) >= 11 is 0. The molecule has 2 heterocycles. The summed E-state index contributed by atoms with van der Waals surface area (Å²) in [5.41, 5.74) is 3.99. The van der Waals surface area contributed by atoms with Crippen molar-refractivity contribution in [3.05, 3.63) is 83.6 Å². The van der Waals surface area contributed by atoms with Crippen LogP contribution in [0.4, 0.5) is 4.39 Å². The van der Waals surface area contributed by atoms with E-state index in [0.29, 0.717) is 24.2 Å². The van der Waals surface area contributed by atoms with Gasteiger partial charge < -0.3 is 14.6 Å². The van der Waals surface area contributed by atoms with Crippen molar-refractivity contribution in [2.45, 2.75) is 64.1 Å². The van der Waals surface area contributed by atoms with Crippen molar-refractivity contribution >= 4 is 22.9 Å². The van der Waals surface area contributed by atoms with Crippen LogP contribution < -0.4 is 4.74 Å². The number of para-hydroxylation sites is 2. The number of ketones is 1. The molecule has 0 radical (unpaired) electrons. The molecule has 0 amide bonds. The summed E-state index contributed by atoms with van der Waals surface area (Å²) in [7, 11) is 1.63. The number of ether oxygens (including phenoxy) is 2. The lowest BCUT2D eigenvalue weighted by molar-refractivity contribution is -0.188. The summed E-state index contributed by atoms with van der Waals surface area (Å²) in [6.45, 7) is 4.29. The first-order valence-electron chi connectivity index (χ1n) is 16.3. The average Bonchev–Trinajstić information content (AvgIpc) is 3.59. The van der Waals surface area contributed by atoms with Gasteiger partial charge in [0.15, 0.2) is 6.61 Å². The molecular weight excluding hydrogens is 583 g/mol. The van der Waals surface area contributed by atoms with Gasteiger partial charge in [-0.05, 0) is 110 Å². The van der Waals surface area contributed by atoms with Gasteiger partial charge in [-0.2, -0.15) is 5.10 Å². The number of fused-ring (bicyclic) bond motifs is 7. The highest BCUT2D eigenvalue weighted by atomic mass is 19.1. The van der Waals surface area contributed by atoms with Gasteiger partial charge in [0.2, 0.25) is 11.7 Å². The van der Waals surface area contributed by atoms with Crippen LogP contribution in [-0.2, 0) is 16.0 Å². The van der Waals surface area contributed by atoms with Crippen molar-refractivity contribution in [1.82, 2.24) is 19.7 Å². The molecule has 4 aliphatic carbocycles. The van der Waals surface area contributed by atoms with Gasteiger partial charge in [0.25, 0.3) is 0 Å². The molecule has 4 aromatic rings. The Bertz CT molecular complexity index is 1870. The molecule has 0 spiro atoms. The minimum Gasteiger partial charge on any atom is -0.468 e. The molecule has 0 aliphatic heterocycles. The molecule has 0 saturated heterocycles. The Hall–Kier alpha value is -3.95. The first-order valence-corrected chi connectivity index (χ1v) is 16.3. The van der Waals surface area contributed by atoms with Crippen LogP contribution in [0.1, 0.15) is 57.2 Å². The third-order valence-corrected chi connectivity index (χ3v) is 12.2. The molecule has 3 saturated carbocycles. The van der Waals surface area contributed by atoms with Gasteiger partial charge in [-0.1, -0.05) is 31.6 Å². The van der Waals surface area contributed by atoms with Gasteiger partial charge >= 0.3 is 0 Å². The fourth-order valence-electron chi connectivity index (χ4n) is 10.1. The van der Waals surface area contributed by atoms with E-state index in [1.165, 1.54) is 17.7 Å². The summed E-state index contributed by atoms with van der Waals surface area (Å²) in [6, 6.07) is 14.0. The maximum atomic E-state index is 14.1. The SMILES string of the molecule is COC1(C(=O)COc2cnc3ccccc3n2)CCC2C3CCC4=Cc5c(cnn5-c5ccc(F)cc5)CC4(C)C3C(O)CC21C. The number of carbonyl (C=O) groups excluding carboxylic acids is 1.